The molecule has 0 aromatic rings. The number of thiocarbonyl (C=S) groups is 2. The third-order valence-corrected chi connectivity index (χ3v) is 6.28. The van der Waals surface area contributed by atoms with Gasteiger partial charge in [0.25, 0.3) is 11.8 Å². The van der Waals surface area contributed by atoms with Crippen LogP contribution in [-0.4, -0.2) is 71.9 Å². The summed E-state index contributed by atoms with van der Waals surface area (Å²) in [6.07, 6.45) is -0.647. The van der Waals surface area contributed by atoms with Crippen molar-refractivity contribution >= 4 is 80.4 Å². The summed E-state index contributed by atoms with van der Waals surface area (Å²) in [7, 11) is 1.36. The number of carbonyl (C=O) groups excluding carboxylic acids is 4. The minimum atomic E-state index is -1.88. The fourth-order valence-electron chi connectivity index (χ4n) is 2.01. The van der Waals surface area contributed by atoms with Crippen molar-refractivity contribution in [2.45, 2.75) is 19.1 Å². The average Bonchev–Trinajstić information content (AvgIpc) is 3.09. The second-order valence-electron chi connectivity index (χ2n) is 5.51. The molecule has 0 aromatic heterocycles. The van der Waals surface area contributed by atoms with Gasteiger partial charge in [0, 0.05) is 0 Å². The fraction of sp³-hybridized carbons (Fsp3) is 0.538. The lowest BCUT2D eigenvalue weighted by Gasteiger charge is -2.31. The Hall–Kier alpha value is -1.32. The van der Waals surface area contributed by atoms with E-state index in [1.807, 2.05) is 0 Å². The Labute approximate surface area is 173 Å². The van der Waals surface area contributed by atoms with E-state index in [2.05, 4.69) is 5.32 Å². The lowest BCUT2D eigenvalue weighted by atomic mass is 9.94. The van der Waals surface area contributed by atoms with E-state index in [0.717, 1.165) is 23.5 Å². The van der Waals surface area contributed by atoms with Crippen LogP contribution < -0.4 is 5.32 Å². The largest absolute Gasteiger partial charge is 0.375 e. The van der Waals surface area contributed by atoms with Gasteiger partial charge < -0.3 is 14.8 Å². The fourth-order valence-corrected chi connectivity index (χ4v) is 3.88. The number of hydrogen-bond donors (Lipinski definition) is 2. The van der Waals surface area contributed by atoms with Crippen LogP contribution in [0.15, 0.2) is 0 Å². The number of thioether (sulfide) groups is 2. The zero-order valence-electron chi connectivity index (χ0n) is 14.1. The molecule has 2 aliphatic heterocycles. The van der Waals surface area contributed by atoms with Gasteiger partial charge in [-0.25, -0.2) is 9.59 Å². The molecule has 0 radical (unpaired) electrons. The van der Waals surface area contributed by atoms with E-state index in [1.54, 1.807) is 0 Å². The maximum absolute atomic E-state index is 12.5. The highest BCUT2D eigenvalue weighted by molar-refractivity contribution is 8.24. The molecule has 2 rings (SSSR count). The van der Waals surface area contributed by atoms with Crippen LogP contribution >= 0.6 is 48.0 Å². The van der Waals surface area contributed by atoms with Crippen molar-refractivity contribution in [3.05, 3.63) is 0 Å². The zero-order valence-corrected chi connectivity index (χ0v) is 17.4. The Morgan fingerprint density at radius 1 is 1.19 bits per heavy atom. The Morgan fingerprint density at radius 3 is 2.07 bits per heavy atom. The van der Waals surface area contributed by atoms with Crippen LogP contribution in [0.4, 0.5) is 0 Å². The monoisotopic (exact) mass is 453 g/mol. The van der Waals surface area contributed by atoms with Gasteiger partial charge in [-0.1, -0.05) is 23.5 Å². The number of hydrogen-bond acceptors (Lipinski definition) is 12. The zero-order chi connectivity index (χ0) is 20.4. The molecule has 0 aromatic carbocycles. The molecule has 2 saturated heterocycles. The number of nitrogens with zero attached hydrogens (tertiary/aromatic N) is 2. The van der Waals surface area contributed by atoms with Crippen LogP contribution in [0.1, 0.15) is 13.3 Å². The van der Waals surface area contributed by atoms with Gasteiger partial charge >= 0.3 is 11.9 Å². The molecular formula is C13H15N3O7S4. The Morgan fingerprint density at radius 2 is 1.67 bits per heavy atom. The van der Waals surface area contributed by atoms with Crippen molar-refractivity contribution in [1.82, 2.24) is 15.4 Å². The Balaban J connectivity index is 2.09. The molecule has 2 aliphatic rings. The summed E-state index contributed by atoms with van der Waals surface area (Å²) in [6.45, 7) is 1.24. The van der Waals surface area contributed by atoms with Gasteiger partial charge in [0.15, 0.2) is 8.64 Å². The molecule has 10 nitrogen and oxygen atoms in total. The highest BCUT2D eigenvalue weighted by atomic mass is 32.2. The highest BCUT2D eigenvalue weighted by Gasteiger charge is 2.43. The van der Waals surface area contributed by atoms with Gasteiger partial charge in [-0.2, -0.15) is 0 Å². The Bertz CT molecular complexity index is 682. The van der Waals surface area contributed by atoms with Crippen molar-refractivity contribution in [2.24, 2.45) is 5.92 Å². The van der Waals surface area contributed by atoms with E-state index in [9.17, 15) is 24.3 Å². The molecule has 2 amide bonds. The summed E-state index contributed by atoms with van der Waals surface area (Å²) in [4.78, 5) is 57.9. The summed E-state index contributed by atoms with van der Waals surface area (Å²) >= 11 is 11.9. The molecule has 2 N–H and O–H groups in total. The molecule has 27 heavy (non-hydrogen) atoms. The topological polar surface area (TPSA) is 125 Å². The first kappa shape index (κ1) is 22.0. The summed E-state index contributed by atoms with van der Waals surface area (Å²) in [5.41, 5.74) is -1.88. The van der Waals surface area contributed by atoms with E-state index in [4.69, 9.17) is 34.1 Å². The first-order chi connectivity index (χ1) is 12.6. The second-order valence-corrected chi connectivity index (χ2v) is 8.73. The number of hydroxylamine groups is 4. The van der Waals surface area contributed by atoms with Gasteiger partial charge in [-0.3, -0.25) is 14.9 Å². The molecule has 0 aliphatic carbocycles. The van der Waals surface area contributed by atoms with E-state index in [1.165, 1.54) is 14.0 Å². The van der Waals surface area contributed by atoms with Crippen LogP contribution in [0, 0.1) is 5.92 Å². The molecule has 148 valence electrons. The third-order valence-electron chi connectivity index (χ3n) is 3.64. The van der Waals surface area contributed by atoms with E-state index < -0.39 is 41.8 Å². The van der Waals surface area contributed by atoms with Crippen LogP contribution in [-0.2, 0) is 28.9 Å². The van der Waals surface area contributed by atoms with E-state index in [-0.39, 0.29) is 20.1 Å². The van der Waals surface area contributed by atoms with Crippen molar-refractivity contribution in [3.63, 3.8) is 0 Å². The predicted octanol–water partition coefficient (Wildman–Crippen LogP) is -0.442. The molecule has 0 spiro atoms. The number of aliphatic hydroxyl groups is 1. The smallest absolute Gasteiger partial charge is 0.341 e. The van der Waals surface area contributed by atoms with Crippen LogP contribution in [0.2, 0.25) is 0 Å². The summed E-state index contributed by atoms with van der Waals surface area (Å²) in [5, 5.41) is 14.2. The van der Waals surface area contributed by atoms with Crippen LogP contribution in [0.3, 0.4) is 0 Å². The van der Waals surface area contributed by atoms with Gasteiger partial charge in [-0.15, -0.1) is 10.1 Å². The number of carbonyl (C=O) groups is 4. The van der Waals surface area contributed by atoms with Gasteiger partial charge in [0.05, 0.1) is 17.9 Å². The Kier molecular flexibility index (Phi) is 7.15. The lowest BCUT2D eigenvalue weighted by Crippen LogP contribution is -2.52. The second kappa shape index (κ2) is 8.79. The SMILES string of the molecule is CNC(C)(O)C(CC(=O)ON1C(=O)CSC1=S)C(=O)ON1C(=O)CSC1=S. The maximum atomic E-state index is 12.5. The maximum Gasteiger partial charge on any atom is 0.341 e. The number of amides is 2. The van der Waals surface area contributed by atoms with Gasteiger partial charge in [0.2, 0.25) is 0 Å². The summed E-state index contributed by atoms with van der Waals surface area (Å²) in [6, 6.07) is 0. The molecule has 2 unspecified atom stereocenters. The molecule has 14 heteroatoms. The summed E-state index contributed by atoms with van der Waals surface area (Å²) < 4.78 is 0.113. The number of nitrogens with one attached hydrogen (secondary N) is 1. The molecule has 0 bridgehead atoms. The third kappa shape index (κ3) is 5.14. The van der Waals surface area contributed by atoms with Crippen molar-refractivity contribution in [1.29, 1.82) is 0 Å². The van der Waals surface area contributed by atoms with Gasteiger partial charge in [0.1, 0.15) is 11.6 Å². The number of rotatable bonds is 7. The molecule has 2 fully saturated rings. The molecule has 2 atom stereocenters. The van der Waals surface area contributed by atoms with Crippen molar-refractivity contribution in [2.75, 3.05) is 18.6 Å². The standard InChI is InChI=1S/C13H15N3O7S4/c1-13(21,14-2)6(10(20)23-16-8(18)5-27-12(16)25)3-9(19)22-15-7(17)4-26-11(15)24/h6,14,21H,3-5H2,1-2H3. The van der Waals surface area contributed by atoms with E-state index in [0.29, 0.717) is 10.1 Å². The average molecular weight is 454 g/mol. The predicted molar refractivity (Wildman–Crippen MR) is 104 cm³/mol. The molecule has 0 saturated carbocycles. The molecular weight excluding hydrogens is 438 g/mol. The minimum Gasteiger partial charge on any atom is -0.375 e. The van der Waals surface area contributed by atoms with Crippen molar-refractivity contribution < 1.29 is 34.0 Å². The van der Waals surface area contributed by atoms with Crippen LogP contribution in [0.5, 0.6) is 0 Å². The van der Waals surface area contributed by atoms with Crippen molar-refractivity contribution in [3.8, 4) is 0 Å². The lowest BCUT2D eigenvalue weighted by molar-refractivity contribution is -0.197. The first-order valence-electron chi connectivity index (χ1n) is 7.40. The summed E-state index contributed by atoms with van der Waals surface area (Å²) in [5.74, 6) is -4.51. The molecule has 2 heterocycles. The minimum absolute atomic E-state index is 0.0213. The van der Waals surface area contributed by atoms with Crippen LogP contribution in [0.25, 0.3) is 0 Å². The van der Waals surface area contributed by atoms with E-state index >= 15 is 0 Å². The normalized spacial score (nSPS) is 20.7. The van der Waals surface area contributed by atoms with Gasteiger partial charge in [-0.05, 0) is 38.4 Å². The highest BCUT2D eigenvalue weighted by Crippen LogP contribution is 2.26. The quantitative estimate of drug-likeness (QED) is 0.383. The first-order valence-corrected chi connectivity index (χ1v) is 10.2.